The number of amides is 1. The lowest BCUT2D eigenvalue weighted by molar-refractivity contribution is 0.152. The smallest absolute Gasteiger partial charge is 0.407 e. The van der Waals surface area contributed by atoms with Gasteiger partial charge >= 0.3 is 6.09 Å². The second kappa shape index (κ2) is 11.5. The number of hydrogen-bond acceptors (Lipinski definition) is 7. The normalized spacial score (nSPS) is 10.7. The average Bonchev–Trinajstić information content (AvgIpc) is 3.31. The molecule has 1 heterocycles. The van der Waals surface area contributed by atoms with E-state index in [0.29, 0.717) is 30.9 Å². The van der Waals surface area contributed by atoms with Crippen LogP contribution in [0.3, 0.4) is 0 Å². The highest BCUT2D eigenvalue weighted by Gasteiger charge is 2.15. The lowest BCUT2D eigenvalue weighted by atomic mass is 10.1. The Morgan fingerprint density at radius 2 is 1.97 bits per heavy atom. The molecule has 0 saturated heterocycles. The number of carbonyl (C=O) groups is 1. The molecule has 3 rings (SSSR count). The minimum absolute atomic E-state index is 0.0171. The summed E-state index contributed by atoms with van der Waals surface area (Å²) in [7, 11) is 1.54. The van der Waals surface area contributed by atoms with E-state index in [4.69, 9.17) is 14.6 Å². The number of aromatic nitrogens is 2. The quantitative estimate of drug-likeness (QED) is 0.383. The Morgan fingerprint density at radius 3 is 2.65 bits per heavy atom. The first-order valence-corrected chi connectivity index (χ1v) is 11.9. The van der Waals surface area contributed by atoms with E-state index >= 15 is 0 Å². The number of hydrogen-bond donors (Lipinski definition) is 1. The highest BCUT2D eigenvalue weighted by molar-refractivity contribution is 7.17. The lowest BCUT2D eigenvalue weighted by Gasteiger charge is -2.14. The van der Waals surface area contributed by atoms with Gasteiger partial charge in [-0.25, -0.2) is 4.79 Å². The van der Waals surface area contributed by atoms with Gasteiger partial charge in [-0.3, -0.25) is 0 Å². The highest BCUT2D eigenvalue weighted by atomic mass is 32.1. The van der Waals surface area contributed by atoms with Crippen molar-refractivity contribution in [2.75, 3.05) is 20.2 Å². The Morgan fingerprint density at radius 1 is 1.21 bits per heavy atom. The molecule has 0 aliphatic rings. The molecule has 9 heteroatoms. The van der Waals surface area contributed by atoms with Crippen molar-refractivity contribution in [1.82, 2.24) is 15.1 Å². The Balaban J connectivity index is 1.74. The van der Waals surface area contributed by atoms with E-state index in [1.807, 2.05) is 38.1 Å². The SMILES string of the molecule is CCc1cc(OCCCN(C)C(=O)O)ccc1-c1nnc(-c2ccc(OC(C)C)c(C#N)c2)s1. The van der Waals surface area contributed by atoms with Crippen LogP contribution >= 0.6 is 11.3 Å². The summed E-state index contributed by atoms with van der Waals surface area (Å²) < 4.78 is 11.5. The van der Waals surface area contributed by atoms with Gasteiger partial charge in [0.1, 0.15) is 27.6 Å². The number of nitriles is 1. The fraction of sp³-hybridized carbons (Fsp3) is 0.360. The van der Waals surface area contributed by atoms with Crippen molar-refractivity contribution in [2.45, 2.75) is 39.7 Å². The third kappa shape index (κ3) is 6.23. The molecule has 0 saturated carbocycles. The summed E-state index contributed by atoms with van der Waals surface area (Å²) in [6, 6.07) is 13.5. The first-order valence-electron chi connectivity index (χ1n) is 11.1. The Labute approximate surface area is 203 Å². The average molecular weight is 481 g/mol. The molecule has 1 amide bonds. The maximum Gasteiger partial charge on any atom is 0.407 e. The van der Waals surface area contributed by atoms with Crippen LogP contribution in [0.25, 0.3) is 21.1 Å². The van der Waals surface area contributed by atoms with E-state index in [1.54, 1.807) is 12.1 Å². The van der Waals surface area contributed by atoms with Gasteiger partial charge < -0.3 is 19.5 Å². The summed E-state index contributed by atoms with van der Waals surface area (Å²) in [6.45, 7) is 6.76. The first kappa shape index (κ1) is 25.0. The van der Waals surface area contributed by atoms with Crippen LogP contribution < -0.4 is 9.47 Å². The third-order valence-electron chi connectivity index (χ3n) is 5.06. The van der Waals surface area contributed by atoms with Crippen molar-refractivity contribution < 1.29 is 19.4 Å². The van der Waals surface area contributed by atoms with Crippen molar-refractivity contribution >= 4 is 17.4 Å². The molecule has 178 valence electrons. The second-order valence-electron chi connectivity index (χ2n) is 7.98. The maximum atomic E-state index is 10.9. The number of benzene rings is 2. The summed E-state index contributed by atoms with van der Waals surface area (Å²) in [5, 5.41) is 28.7. The topological polar surface area (TPSA) is 109 Å². The van der Waals surface area contributed by atoms with E-state index in [-0.39, 0.29) is 6.10 Å². The molecule has 0 fully saturated rings. The summed E-state index contributed by atoms with van der Waals surface area (Å²) in [4.78, 5) is 12.1. The molecule has 8 nitrogen and oxygen atoms in total. The van der Waals surface area contributed by atoms with Crippen LogP contribution in [0.2, 0.25) is 0 Å². The minimum atomic E-state index is -0.947. The summed E-state index contributed by atoms with van der Waals surface area (Å²) >= 11 is 1.47. The van der Waals surface area contributed by atoms with Crippen LogP contribution in [0.5, 0.6) is 11.5 Å². The molecule has 0 unspecified atom stereocenters. The molecular formula is C25H28N4O4S. The minimum Gasteiger partial charge on any atom is -0.494 e. The summed E-state index contributed by atoms with van der Waals surface area (Å²) in [6.07, 6.45) is 0.440. The van der Waals surface area contributed by atoms with Crippen molar-refractivity contribution in [3.05, 3.63) is 47.5 Å². The predicted molar refractivity (Wildman–Crippen MR) is 131 cm³/mol. The van der Waals surface area contributed by atoms with Crippen molar-refractivity contribution in [2.24, 2.45) is 0 Å². The standard InChI is InChI=1S/C25H28N4O4S/c1-5-17-14-20(32-12-6-11-29(4)25(30)31)8-9-21(17)24-28-27-23(34-24)18-7-10-22(33-16(2)3)19(13-18)15-26/h7-10,13-14,16H,5-6,11-12H2,1-4H3,(H,30,31). The molecule has 0 aliphatic carbocycles. The number of nitrogens with zero attached hydrogens (tertiary/aromatic N) is 4. The monoisotopic (exact) mass is 480 g/mol. The van der Waals surface area contributed by atoms with Crippen LogP contribution in [0.1, 0.15) is 38.3 Å². The molecule has 1 aromatic heterocycles. The third-order valence-corrected chi connectivity index (χ3v) is 6.06. The second-order valence-corrected chi connectivity index (χ2v) is 8.96. The first-order chi connectivity index (χ1) is 16.3. The van der Waals surface area contributed by atoms with E-state index in [1.165, 1.54) is 23.3 Å². The molecule has 34 heavy (non-hydrogen) atoms. The van der Waals surface area contributed by atoms with Gasteiger partial charge in [0.05, 0.1) is 18.3 Å². The van der Waals surface area contributed by atoms with Crippen LogP contribution in [-0.4, -0.2) is 52.6 Å². The van der Waals surface area contributed by atoms with Gasteiger partial charge in [-0.05, 0) is 68.7 Å². The largest absolute Gasteiger partial charge is 0.494 e. The van der Waals surface area contributed by atoms with Crippen LogP contribution in [-0.2, 0) is 6.42 Å². The molecule has 0 radical (unpaired) electrons. The molecule has 0 atom stereocenters. The van der Waals surface area contributed by atoms with Gasteiger partial charge in [-0.15, -0.1) is 10.2 Å². The van der Waals surface area contributed by atoms with E-state index in [9.17, 15) is 10.1 Å². The van der Waals surface area contributed by atoms with Crippen molar-refractivity contribution in [3.8, 4) is 38.7 Å². The Bertz CT molecular complexity index is 1190. The van der Waals surface area contributed by atoms with E-state index in [0.717, 1.165) is 38.9 Å². The van der Waals surface area contributed by atoms with Gasteiger partial charge in [-0.1, -0.05) is 18.3 Å². The molecule has 2 aromatic carbocycles. The van der Waals surface area contributed by atoms with E-state index in [2.05, 4.69) is 23.2 Å². The molecule has 3 aromatic rings. The van der Waals surface area contributed by atoms with Gasteiger partial charge in [0.15, 0.2) is 0 Å². The Hall–Kier alpha value is -3.64. The van der Waals surface area contributed by atoms with Crippen LogP contribution in [0.4, 0.5) is 4.79 Å². The molecular weight excluding hydrogens is 452 g/mol. The highest BCUT2D eigenvalue weighted by Crippen LogP contribution is 2.35. The number of aryl methyl sites for hydroxylation is 1. The number of rotatable bonds is 10. The fourth-order valence-electron chi connectivity index (χ4n) is 3.30. The molecule has 1 N–H and O–H groups in total. The number of carboxylic acid groups (broad SMARTS) is 1. The van der Waals surface area contributed by atoms with Crippen molar-refractivity contribution in [3.63, 3.8) is 0 Å². The maximum absolute atomic E-state index is 10.9. The van der Waals surface area contributed by atoms with Gasteiger partial charge in [-0.2, -0.15) is 5.26 Å². The van der Waals surface area contributed by atoms with Gasteiger partial charge in [0, 0.05) is 24.7 Å². The van der Waals surface area contributed by atoms with Crippen LogP contribution in [0.15, 0.2) is 36.4 Å². The van der Waals surface area contributed by atoms with Crippen molar-refractivity contribution in [1.29, 1.82) is 5.26 Å². The lowest BCUT2D eigenvalue weighted by Crippen LogP contribution is -2.26. The van der Waals surface area contributed by atoms with Crippen LogP contribution in [0, 0.1) is 11.3 Å². The van der Waals surface area contributed by atoms with Gasteiger partial charge in [0.25, 0.3) is 0 Å². The molecule has 0 aliphatic heterocycles. The zero-order valence-electron chi connectivity index (χ0n) is 19.7. The number of ether oxygens (including phenoxy) is 2. The summed E-state index contributed by atoms with van der Waals surface area (Å²) in [5.41, 5.74) is 3.36. The zero-order chi connectivity index (χ0) is 24.7. The molecule has 0 bridgehead atoms. The summed E-state index contributed by atoms with van der Waals surface area (Å²) in [5.74, 6) is 1.30. The fourth-order valence-corrected chi connectivity index (χ4v) is 4.20. The Kier molecular flexibility index (Phi) is 8.44. The van der Waals surface area contributed by atoms with Gasteiger partial charge in [0.2, 0.25) is 0 Å². The zero-order valence-corrected chi connectivity index (χ0v) is 20.6. The van der Waals surface area contributed by atoms with E-state index < -0.39 is 6.09 Å². The molecule has 0 spiro atoms. The predicted octanol–water partition coefficient (Wildman–Crippen LogP) is 5.47.